The lowest BCUT2D eigenvalue weighted by atomic mass is 10.2. The molecule has 0 spiro atoms. The minimum absolute atomic E-state index is 0.0614. The van der Waals surface area contributed by atoms with Crippen LogP contribution in [0, 0.1) is 5.92 Å². The van der Waals surface area contributed by atoms with Gasteiger partial charge in [-0.2, -0.15) is 17.4 Å². The molecule has 1 aliphatic carbocycles. The number of piperazine rings is 1. The van der Waals surface area contributed by atoms with E-state index in [1.807, 2.05) is 0 Å². The van der Waals surface area contributed by atoms with Crippen molar-refractivity contribution < 1.29 is 21.6 Å². The number of hydrogen-bond acceptors (Lipinski definition) is 5. The molecule has 11 heteroatoms. The van der Waals surface area contributed by atoms with E-state index in [0.717, 1.165) is 12.8 Å². The van der Waals surface area contributed by atoms with Gasteiger partial charge < -0.3 is 4.90 Å². The summed E-state index contributed by atoms with van der Waals surface area (Å²) in [6.45, 7) is 4.78. The average Bonchev–Trinajstić information content (AvgIpc) is 3.50. The minimum atomic E-state index is -3.66. The molecule has 0 bridgehead atoms. The van der Waals surface area contributed by atoms with Gasteiger partial charge in [-0.3, -0.25) is 4.79 Å². The first-order chi connectivity index (χ1) is 13.6. The lowest BCUT2D eigenvalue weighted by molar-refractivity contribution is 0.0696. The first-order valence-electron chi connectivity index (χ1n) is 9.75. The summed E-state index contributed by atoms with van der Waals surface area (Å²) in [4.78, 5) is 14.4. The summed E-state index contributed by atoms with van der Waals surface area (Å²) in [5, 5.41) is 0. The summed E-state index contributed by atoms with van der Waals surface area (Å²) < 4.78 is 55.8. The van der Waals surface area contributed by atoms with E-state index in [2.05, 4.69) is 9.44 Å². The molecule has 0 atom stereocenters. The highest BCUT2D eigenvalue weighted by molar-refractivity contribution is 7.89. The van der Waals surface area contributed by atoms with Gasteiger partial charge in [0.2, 0.25) is 10.0 Å². The Bertz CT molecular complexity index is 950. The largest absolute Gasteiger partial charge is 0.336 e. The Labute approximate surface area is 172 Å². The van der Waals surface area contributed by atoms with E-state index in [0.29, 0.717) is 12.5 Å². The number of sulfonamides is 1. The van der Waals surface area contributed by atoms with Crippen LogP contribution < -0.4 is 9.44 Å². The molecule has 3 rings (SSSR count). The molecule has 1 aromatic rings. The quantitative estimate of drug-likeness (QED) is 0.601. The van der Waals surface area contributed by atoms with Crippen molar-refractivity contribution in [2.45, 2.75) is 37.6 Å². The molecule has 1 saturated carbocycles. The van der Waals surface area contributed by atoms with Crippen molar-refractivity contribution in [2.75, 3.05) is 32.7 Å². The molecule has 162 valence electrons. The summed E-state index contributed by atoms with van der Waals surface area (Å²) >= 11 is 0. The molecular formula is C18H28N4O5S2. The zero-order chi connectivity index (χ0) is 21.2. The van der Waals surface area contributed by atoms with Crippen LogP contribution in [0.2, 0.25) is 0 Å². The first kappa shape index (κ1) is 22.2. The highest BCUT2D eigenvalue weighted by atomic mass is 32.2. The molecule has 9 nitrogen and oxygen atoms in total. The zero-order valence-electron chi connectivity index (χ0n) is 16.7. The van der Waals surface area contributed by atoms with Crippen molar-refractivity contribution in [3.05, 3.63) is 29.8 Å². The van der Waals surface area contributed by atoms with Crippen molar-refractivity contribution in [3.63, 3.8) is 0 Å². The number of nitrogens with zero attached hydrogens (tertiary/aromatic N) is 2. The standard InChI is InChI=1S/C18H28N4O5S2/c1-14(2)20-29(26,27)22-10-8-21(9-11-22)18(23)16-4-3-5-17(12-16)28(24,25)19-13-15-6-7-15/h3-5,12,14-15,19-20H,6-11,13H2,1-2H3. The number of amides is 1. The molecular weight excluding hydrogens is 416 g/mol. The summed E-state index contributed by atoms with van der Waals surface area (Å²) in [6.07, 6.45) is 2.07. The SMILES string of the molecule is CC(C)NS(=O)(=O)N1CCN(C(=O)c2cccc(S(=O)(=O)NCC3CC3)c2)CC1. The molecule has 0 unspecified atom stereocenters. The lowest BCUT2D eigenvalue weighted by Gasteiger charge is -2.34. The Kier molecular flexibility index (Phi) is 6.64. The van der Waals surface area contributed by atoms with E-state index in [1.54, 1.807) is 30.9 Å². The number of carbonyl (C=O) groups excluding carboxylic acids is 1. The average molecular weight is 445 g/mol. The summed E-state index contributed by atoms with van der Waals surface area (Å²) in [5.41, 5.74) is 0.274. The smallest absolute Gasteiger partial charge is 0.279 e. The van der Waals surface area contributed by atoms with Gasteiger partial charge in [-0.15, -0.1) is 0 Å². The van der Waals surface area contributed by atoms with E-state index in [9.17, 15) is 21.6 Å². The highest BCUT2D eigenvalue weighted by Gasteiger charge is 2.30. The third kappa shape index (κ3) is 5.76. The molecule has 2 fully saturated rings. The summed E-state index contributed by atoms with van der Waals surface area (Å²) in [6, 6.07) is 5.75. The van der Waals surface area contributed by atoms with Crippen LogP contribution >= 0.6 is 0 Å². The minimum Gasteiger partial charge on any atom is -0.336 e. The van der Waals surface area contributed by atoms with Crippen molar-refractivity contribution >= 4 is 26.1 Å². The van der Waals surface area contributed by atoms with Gasteiger partial charge >= 0.3 is 0 Å². The fraction of sp³-hybridized carbons (Fsp3) is 0.611. The third-order valence-corrected chi connectivity index (χ3v) is 8.14. The topological polar surface area (TPSA) is 116 Å². The van der Waals surface area contributed by atoms with Gasteiger partial charge in [0, 0.05) is 44.3 Å². The Balaban J connectivity index is 1.64. The maximum atomic E-state index is 12.8. The third-order valence-electron chi connectivity index (χ3n) is 4.90. The molecule has 1 heterocycles. The van der Waals surface area contributed by atoms with E-state index < -0.39 is 20.2 Å². The summed E-state index contributed by atoms with van der Waals surface area (Å²) in [7, 11) is -7.23. The van der Waals surface area contributed by atoms with Crippen LogP contribution in [-0.4, -0.2) is 70.7 Å². The van der Waals surface area contributed by atoms with E-state index in [1.165, 1.54) is 16.4 Å². The first-order valence-corrected chi connectivity index (χ1v) is 12.7. The molecule has 1 aromatic carbocycles. The van der Waals surface area contributed by atoms with Gasteiger partial charge in [-0.1, -0.05) is 6.07 Å². The Morgan fingerprint density at radius 3 is 2.34 bits per heavy atom. The Hall–Kier alpha value is -1.53. The molecule has 0 radical (unpaired) electrons. The monoisotopic (exact) mass is 444 g/mol. The summed E-state index contributed by atoms with van der Waals surface area (Å²) in [5.74, 6) is 0.102. The van der Waals surface area contributed by atoms with Gasteiger partial charge in [0.1, 0.15) is 0 Å². The maximum Gasteiger partial charge on any atom is 0.279 e. The molecule has 1 amide bonds. The number of carbonyl (C=O) groups is 1. The second kappa shape index (κ2) is 8.68. The van der Waals surface area contributed by atoms with Crippen LogP contribution in [0.3, 0.4) is 0 Å². The number of benzene rings is 1. The van der Waals surface area contributed by atoms with E-state index >= 15 is 0 Å². The van der Waals surface area contributed by atoms with Crippen molar-refractivity contribution in [3.8, 4) is 0 Å². The van der Waals surface area contributed by atoms with Crippen molar-refractivity contribution in [1.29, 1.82) is 0 Å². The van der Waals surface area contributed by atoms with Crippen LogP contribution in [0.4, 0.5) is 0 Å². The van der Waals surface area contributed by atoms with E-state index in [-0.39, 0.29) is 48.6 Å². The predicted molar refractivity (Wildman–Crippen MR) is 109 cm³/mol. The molecule has 2 N–H and O–H groups in total. The van der Waals surface area contributed by atoms with Crippen molar-refractivity contribution in [1.82, 2.24) is 18.6 Å². The predicted octanol–water partition coefficient (Wildman–Crippen LogP) is 0.376. The molecule has 0 aromatic heterocycles. The van der Waals surface area contributed by atoms with E-state index in [4.69, 9.17) is 0 Å². The van der Waals surface area contributed by atoms with Gasteiger partial charge in [0.05, 0.1) is 4.90 Å². The fourth-order valence-corrected chi connectivity index (χ4v) is 5.67. The fourth-order valence-electron chi connectivity index (χ4n) is 3.12. The normalized spacial score (nSPS) is 18.9. The van der Waals surface area contributed by atoms with Crippen LogP contribution in [0.1, 0.15) is 37.0 Å². The van der Waals surface area contributed by atoms with Crippen LogP contribution in [0.5, 0.6) is 0 Å². The number of nitrogens with one attached hydrogen (secondary N) is 2. The van der Waals surface area contributed by atoms with Gasteiger partial charge in [-0.05, 0) is 50.8 Å². The van der Waals surface area contributed by atoms with Crippen molar-refractivity contribution in [2.24, 2.45) is 5.92 Å². The van der Waals surface area contributed by atoms with Gasteiger partial charge in [0.15, 0.2) is 0 Å². The zero-order valence-corrected chi connectivity index (χ0v) is 18.3. The Morgan fingerprint density at radius 1 is 1.10 bits per heavy atom. The van der Waals surface area contributed by atoms with Gasteiger partial charge in [0.25, 0.3) is 16.1 Å². The second-order valence-electron chi connectivity index (χ2n) is 7.79. The molecule has 1 aliphatic heterocycles. The lowest BCUT2D eigenvalue weighted by Crippen LogP contribution is -2.54. The van der Waals surface area contributed by atoms with Crippen LogP contribution in [-0.2, 0) is 20.2 Å². The van der Waals surface area contributed by atoms with Gasteiger partial charge in [-0.25, -0.2) is 13.1 Å². The highest BCUT2D eigenvalue weighted by Crippen LogP contribution is 2.28. The number of rotatable bonds is 8. The maximum absolute atomic E-state index is 12.8. The van der Waals surface area contributed by atoms with Crippen LogP contribution in [0.25, 0.3) is 0 Å². The number of hydrogen-bond donors (Lipinski definition) is 2. The van der Waals surface area contributed by atoms with Crippen LogP contribution in [0.15, 0.2) is 29.2 Å². The second-order valence-corrected chi connectivity index (χ2v) is 11.3. The Morgan fingerprint density at radius 2 is 1.76 bits per heavy atom. The molecule has 29 heavy (non-hydrogen) atoms. The molecule has 1 saturated heterocycles. The molecule has 2 aliphatic rings.